The fourth-order valence-corrected chi connectivity index (χ4v) is 6.60. The van der Waals surface area contributed by atoms with Crippen molar-refractivity contribution >= 4 is 0 Å². The molecule has 2 heterocycles. The summed E-state index contributed by atoms with van der Waals surface area (Å²) in [5, 5.41) is 0. The minimum absolute atomic E-state index is 0.552. The number of nitrogens with zero attached hydrogens (tertiary/aromatic N) is 2. The lowest BCUT2D eigenvalue weighted by molar-refractivity contribution is -0.747. The third-order valence-electron chi connectivity index (χ3n) is 8.00. The highest BCUT2D eigenvalue weighted by atomic mass is 15.1. The molecule has 0 radical (unpaired) electrons. The van der Waals surface area contributed by atoms with Crippen molar-refractivity contribution in [1.29, 1.82) is 0 Å². The van der Waals surface area contributed by atoms with Gasteiger partial charge in [-0.1, -0.05) is 121 Å². The number of benzene rings is 4. The van der Waals surface area contributed by atoms with Gasteiger partial charge >= 0.3 is 0 Å². The Bertz CT molecular complexity index is 1440. The smallest absolute Gasteiger partial charge is 0.187 e. The molecule has 0 saturated carbocycles. The maximum Gasteiger partial charge on any atom is 0.245 e. The molecule has 0 amide bonds. The number of aromatic nitrogens is 2. The highest BCUT2D eigenvalue weighted by Gasteiger charge is 2.61. The van der Waals surface area contributed by atoms with E-state index in [2.05, 4.69) is 180 Å². The lowest BCUT2D eigenvalue weighted by atomic mass is 9.60. The van der Waals surface area contributed by atoms with E-state index in [1.807, 2.05) is 0 Å². The molecule has 0 aliphatic heterocycles. The van der Waals surface area contributed by atoms with Crippen LogP contribution >= 0.6 is 0 Å². The van der Waals surface area contributed by atoms with E-state index in [4.69, 9.17) is 0 Å². The normalized spacial score (nSPS) is 19.8. The van der Waals surface area contributed by atoms with Crippen molar-refractivity contribution in [2.24, 2.45) is 0 Å². The molecule has 1 aliphatic carbocycles. The molecule has 4 aromatic carbocycles. The zero-order valence-electron chi connectivity index (χ0n) is 21.1. The van der Waals surface area contributed by atoms with Gasteiger partial charge in [0.2, 0.25) is 11.1 Å². The summed E-state index contributed by atoms with van der Waals surface area (Å²) in [6, 6.07) is 52.5. The molecule has 6 aromatic rings. The maximum absolute atomic E-state index is 2.38. The summed E-state index contributed by atoms with van der Waals surface area (Å²) < 4.78 is 4.76. The van der Waals surface area contributed by atoms with Gasteiger partial charge in [-0.25, -0.2) is 0 Å². The minimum atomic E-state index is -0.552. The standard InChI is InChI=1S/C36H28N2/c1-5-17-29(18-6-1)35(37-25-13-3-14-26-37)31-21-9-11-23-33(31)36(30-19-7-2-8-20-30,38-27-15-4-16-28-38)34-24-12-10-22-32(34)35/h1-28H/q+2. The first-order chi connectivity index (χ1) is 18.9. The van der Waals surface area contributed by atoms with Crippen LogP contribution in [0.5, 0.6) is 0 Å². The Balaban J connectivity index is 1.73. The van der Waals surface area contributed by atoms with Crippen molar-refractivity contribution in [3.63, 3.8) is 0 Å². The van der Waals surface area contributed by atoms with Gasteiger partial charge in [-0.15, -0.1) is 0 Å². The summed E-state index contributed by atoms with van der Waals surface area (Å²) in [5.41, 5.74) is 6.42. The monoisotopic (exact) mass is 488 g/mol. The van der Waals surface area contributed by atoms with E-state index in [0.29, 0.717) is 0 Å². The van der Waals surface area contributed by atoms with Crippen LogP contribution in [0.4, 0.5) is 0 Å². The Morgan fingerprint density at radius 1 is 0.289 bits per heavy atom. The second kappa shape index (κ2) is 8.93. The van der Waals surface area contributed by atoms with Crippen LogP contribution in [0.15, 0.2) is 170 Å². The van der Waals surface area contributed by atoms with Gasteiger partial charge in [-0.2, -0.15) is 9.13 Å². The number of fused-ring (bicyclic) bond motifs is 2. The van der Waals surface area contributed by atoms with Crippen LogP contribution in [0.3, 0.4) is 0 Å². The van der Waals surface area contributed by atoms with E-state index < -0.39 is 11.1 Å². The van der Waals surface area contributed by atoms with Crippen LogP contribution in [0.1, 0.15) is 33.4 Å². The lowest BCUT2D eigenvalue weighted by Gasteiger charge is -2.43. The van der Waals surface area contributed by atoms with Crippen LogP contribution < -0.4 is 9.13 Å². The second-order valence-electron chi connectivity index (χ2n) is 9.81. The molecule has 0 fully saturated rings. The van der Waals surface area contributed by atoms with E-state index >= 15 is 0 Å². The average molecular weight is 489 g/mol. The van der Waals surface area contributed by atoms with Gasteiger partial charge in [0, 0.05) is 57.6 Å². The highest BCUT2D eigenvalue weighted by Crippen LogP contribution is 2.52. The molecule has 1 aliphatic rings. The van der Waals surface area contributed by atoms with Crippen LogP contribution in [0, 0.1) is 0 Å². The van der Waals surface area contributed by atoms with Crippen LogP contribution in [0.2, 0.25) is 0 Å². The lowest BCUT2D eigenvalue weighted by Crippen LogP contribution is -2.67. The Morgan fingerprint density at radius 2 is 0.553 bits per heavy atom. The Kier molecular flexibility index (Phi) is 5.26. The fraction of sp³-hybridized carbons (Fsp3) is 0.0556. The predicted octanol–water partition coefficient (Wildman–Crippen LogP) is 6.26. The summed E-state index contributed by atoms with van der Waals surface area (Å²) >= 11 is 0. The predicted molar refractivity (Wildman–Crippen MR) is 150 cm³/mol. The molecular formula is C36H28N2+2. The molecule has 0 atom stereocenters. The van der Waals surface area contributed by atoms with Gasteiger partial charge in [-0.05, 0) is 0 Å². The van der Waals surface area contributed by atoms with Gasteiger partial charge in [0.1, 0.15) is 0 Å². The van der Waals surface area contributed by atoms with Gasteiger partial charge in [0.15, 0.2) is 24.8 Å². The average Bonchev–Trinajstić information content (AvgIpc) is 3.02. The van der Waals surface area contributed by atoms with Crippen molar-refractivity contribution < 1.29 is 9.13 Å². The molecular weight excluding hydrogens is 460 g/mol. The second-order valence-corrected chi connectivity index (χ2v) is 9.81. The number of hydrogen-bond acceptors (Lipinski definition) is 0. The Labute approximate surface area is 223 Å². The molecule has 2 nitrogen and oxygen atoms in total. The Hall–Kier alpha value is -4.82. The van der Waals surface area contributed by atoms with Gasteiger partial charge in [0.25, 0.3) is 0 Å². The summed E-state index contributed by atoms with van der Waals surface area (Å²) in [6.45, 7) is 0. The zero-order chi connectivity index (χ0) is 25.4. The molecule has 0 bridgehead atoms. The van der Waals surface area contributed by atoms with Crippen molar-refractivity contribution in [2.45, 2.75) is 11.1 Å². The molecule has 0 spiro atoms. The van der Waals surface area contributed by atoms with E-state index in [9.17, 15) is 0 Å². The molecule has 0 unspecified atom stereocenters. The fourth-order valence-electron chi connectivity index (χ4n) is 6.60. The van der Waals surface area contributed by atoms with Crippen molar-refractivity contribution in [3.8, 4) is 0 Å². The minimum Gasteiger partial charge on any atom is -0.187 e. The molecule has 0 saturated heterocycles. The van der Waals surface area contributed by atoms with E-state index in [0.717, 1.165) is 0 Å². The SMILES string of the molecule is c1ccc(C2([n+]3ccccc3)c3ccccc3C(c3ccccc3)([n+]3ccccc3)c3ccccc32)cc1. The van der Waals surface area contributed by atoms with Crippen LogP contribution in [0.25, 0.3) is 0 Å². The van der Waals surface area contributed by atoms with E-state index in [1.165, 1.54) is 33.4 Å². The topological polar surface area (TPSA) is 7.76 Å². The molecule has 0 N–H and O–H groups in total. The largest absolute Gasteiger partial charge is 0.245 e. The summed E-state index contributed by atoms with van der Waals surface area (Å²) in [7, 11) is 0. The first-order valence-electron chi connectivity index (χ1n) is 13.1. The third kappa shape index (κ3) is 3.01. The molecule has 7 rings (SSSR count). The summed E-state index contributed by atoms with van der Waals surface area (Å²) in [4.78, 5) is 0. The van der Waals surface area contributed by atoms with Gasteiger partial charge in [-0.3, -0.25) is 0 Å². The first-order valence-corrected chi connectivity index (χ1v) is 13.1. The van der Waals surface area contributed by atoms with E-state index in [1.54, 1.807) is 0 Å². The molecule has 2 aromatic heterocycles. The van der Waals surface area contributed by atoms with Crippen molar-refractivity contribution in [1.82, 2.24) is 0 Å². The third-order valence-corrected chi connectivity index (χ3v) is 8.00. The van der Waals surface area contributed by atoms with Crippen LogP contribution in [-0.2, 0) is 11.1 Å². The Morgan fingerprint density at radius 3 is 0.868 bits per heavy atom. The van der Waals surface area contributed by atoms with E-state index in [-0.39, 0.29) is 0 Å². The van der Waals surface area contributed by atoms with Gasteiger partial charge in [0.05, 0.1) is 0 Å². The summed E-state index contributed by atoms with van der Waals surface area (Å²) in [5.74, 6) is 0. The maximum atomic E-state index is 2.38. The first kappa shape index (κ1) is 22.4. The molecule has 38 heavy (non-hydrogen) atoms. The van der Waals surface area contributed by atoms with Crippen molar-refractivity contribution in [3.05, 3.63) is 204 Å². The highest BCUT2D eigenvalue weighted by molar-refractivity contribution is 5.64. The number of rotatable bonds is 4. The quantitative estimate of drug-likeness (QED) is 0.259. The van der Waals surface area contributed by atoms with Crippen LogP contribution in [-0.4, -0.2) is 0 Å². The summed E-state index contributed by atoms with van der Waals surface area (Å²) in [6.07, 6.45) is 8.80. The van der Waals surface area contributed by atoms with Gasteiger partial charge < -0.3 is 0 Å². The number of pyridine rings is 2. The van der Waals surface area contributed by atoms with Crippen molar-refractivity contribution in [2.75, 3.05) is 0 Å². The zero-order valence-corrected chi connectivity index (χ0v) is 21.1. The molecule has 180 valence electrons. The number of hydrogen-bond donors (Lipinski definition) is 0. The molecule has 2 heteroatoms.